The van der Waals surface area contributed by atoms with Crippen LogP contribution in [0.5, 0.6) is 0 Å². The van der Waals surface area contributed by atoms with Crippen molar-refractivity contribution in [2.75, 3.05) is 0 Å². The fraction of sp³-hybridized carbons (Fsp3) is 0.636. The van der Waals surface area contributed by atoms with Crippen LogP contribution < -0.4 is 0 Å². The summed E-state index contributed by atoms with van der Waals surface area (Å²) in [5.74, 6) is 1.72. The van der Waals surface area contributed by atoms with E-state index in [1.54, 1.807) is 5.57 Å². The van der Waals surface area contributed by atoms with Gasteiger partial charge in [0, 0.05) is 0 Å². The molecular weight excluding hydrogens is 132 g/mol. The molecule has 0 aromatic carbocycles. The number of rotatable bonds is 2. The molecule has 0 fully saturated rings. The Hall–Kier alpha value is -0.520. The first-order valence-electron chi connectivity index (χ1n) is 4.50. The molecule has 0 N–H and O–H groups in total. The summed E-state index contributed by atoms with van der Waals surface area (Å²) in [4.78, 5) is 0. The van der Waals surface area contributed by atoms with E-state index in [1.807, 2.05) is 0 Å². The lowest BCUT2D eigenvalue weighted by Gasteiger charge is -2.26. The van der Waals surface area contributed by atoms with E-state index < -0.39 is 0 Å². The van der Waals surface area contributed by atoms with Crippen LogP contribution in [0.2, 0.25) is 0 Å². The maximum Gasteiger partial charge on any atom is -0.0289 e. The average molecular weight is 150 g/mol. The van der Waals surface area contributed by atoms with Gasteiger partial charge < -0.3 is 0 Å². The van der Waals surface area contributed by atoms with Crippen molar-refractivity contribution < 1.29 is 0 Å². The van der Waals surface area contributed by atoms with Crippen LogP contribution in [0.4, 0.5) is 0 Å². The topological polar surface area (TPSA) is 0 Å². The zero-order chi connectivity index (χ0) is 8.27. The van der Waals surface area contributed by atoms with E-state index in [4.69, 9.17) is 0 Å². The van der Waals surface area contributed by atoms with Crippen LogP contribution in [0.1, 0.15) is 33.1 Å². The maximum atomic E-state index is 3.79. The summed E-state index contributed by atoms with van der Waals surface area (Å²) >= 11 is 0. The van der Waals surface area contributed by atoms with Gasteiger partial charge in [-0.2, -0.15) is 0 Å². The molecule has 0 nitrogen and oxygen atoms in total. The molecule has 0 bridgehead atoms. The van der Waals surface area contributed by atoms with Crippen molar-refractivity contribution in [3.8, 4) is 0 Å². The first kappa shape index (κ1) is 8.58. The summed E-state index contributed by atoms with van der Waals surface area (Å²) in [6.45, 7) is 8.38. The van der Waals surface area contributed by atoms with E-state index in [9.17, 15) is 0 Å². The summed E-state index contributed by atoms with van der Waals surface area (Å²) in [6.07, 6.45) is 8.17. The molecule has 0 radical (unpaired) electrons. The van der Waals surface area contributed by atoms with E-state index in [1.165, 1.54) is 19.3 Å². The van der Waals surface area contributed by atoms with Gasteiger partial charge in [0.2, 0.25) is 0 Å². The molecule has 2 atom stereocenters. The van der Waals surface area contributed by atoms with Gasteiger partial charge in [-0.3, -0.25) is 0 Å². The lowest BCUT2D eigenvalue weighted by Crippen LogP contribution is -2.14. The Morgan fingerprint density at radius 2 is 2.45 bits per heavy atom. The van der Waals surface area contributed by atoms with Crippen molar-refractivity contribution >= 4 is 0 Å². The van der Waals surface area contributed by atoms with Gasteiger partial charge in [-0.15, -0.1) is 6.58 Å². The van der Waals surface area contributed by atoms with Crippen molar-refractivity contribution in [1.29, 1.82) is 0 Å². The molecule has 0 aliphatic heterocycles. The van der Waals surface area contributed by atoms with Gasteiger partial charge >= 0.3 is 0 Å². The Morgan fingerprint density at radius 1 is 1.73 bits per heavy atom. The molecule has 0 heterocycles. The summed E-state index contributed by atoms with van der Waals surface area (Å²) < 4.78 is 0. The van der Waals surface area contributed by atoms with Gasteiger partial charge in [0.05, 0.1) is 0 Å². The first-order chi connectivity index (χ1) is 5.24. The molecule has 2 unspecified atom stereocenters. The number of hydrogen-bond donors (Lipinski definition) is 0. The van der Waals surface area contributed by atoms with Crippen LogP contribution in [-0.2, 0) is 0 Å². The van der Waals surface area contributed by atoms with Crippen molar-refractivity contribution in [1.82, 2.24) is 0 Å². The van der Waals surface area contributed by atoms with Crippen molar-refractivity contribution in [2.45, 2.75) is 33.1 Å². The second-order valence-electron chi connectivity index (χ2n) is 3.75. The molecule has 0 spiro atoms. The molecule has 0 aromatic rings. The van der Waals surface area contributed by atoms with Gasteiger partial charge in [0.1, 0.15) is 0 Å². The van der Waals surface area contributed by atoms with Crippen LogP contribution in [0, 0.1) is 11.8 Å². The second-order valence-corrected chi connectivity index (χ2v) is 3.75. The third-order valence-corrected chi connectivity index (χ3v) is 2.70. The third-order valence-electron chi connectivity index (χ3n) is 2.70. The quantitative estimate of drug-likeness (QED) is 0.528. The minimum Gasteiger partial charge on any atom is -0.103 e. The highest BCUT2D eigenvalue weighted by Crippen LogP contribution is 2.31. The lowest BCUT2D eigenvalue weighted by atomic mass is 9.79. The van der Waals surface area contributed by atoms with Gasteiger partial charge in [-0.1, -0.05) is 24.6 Å². The summed E-state index contributed by atoms with van der Waals surface area (Å²) in [5.41, 5.74) is 1.56. The fourth-order valence-electron chi connectivity index (χ4n) is 1.81. The average Bonchev–Trinajstić information content (AvgIpc) is 1.98. The zero-order valence-electron chi connectivity index (χ0n) is 7.64. The predicted molar refractivity (Wildman–Crippen MR) is 50.5 cm³/mol. The van der Waals surface area contributed by atoms with Crippen LogP contribution in [-0.4, -0.2) is 0 Å². The Bertz CT molecular complexity index is 165. The van der Waals surface area contributed by atoms with E-state index in [2.05, 4.69) is 32.6 Å². The Labute approximate surface area is 70.0 Å². The van der Waals surface area contributed by atoms with Gasteiger partial charge in [-0.25, -0.2) is 0 Å². The number of hydrogen-bond acceptors (Lipinski definition) is 0. The van der Waals surface area contributed by atoms with Gasteiger partial charge in [0.25, 0.3) is 0 Å². The number of allylic oxidation sites excluding steroid dienone is 3. The van der Waals surface area contributed by atoms with E-state index in [-0.39, 0.29) is 0 Å². The minimum atomic E-state index is 0.858. The fourth-order valence-corrected chi connectivity index (χ4v) is 1.81. The molecule has 0 heteroatoms. The molecule has 0 saturated heterocycles. The van der Waals surface area contributed by atoms with E-state index in [0.717, 1.165) is 11.8 Å². The Morgan fingerprint density at radius 3 is 3.09 bits per heavy atom. The smallest absolute Gasteiger partial charge is 0.0289 e. The largest absolute Gasteiger partial charge is 0.103 e. The molecule has 0 saturated carbocycles. The van der Waals surface area contributed by atoms with Gasteiger partial charge in [0.15, 0.2) is 0 Å². The van der Waals surface area contributed by atoms with Gasteiger partial charge in [-0.05, 0) is 38.0 Å². The molecule has 11 heavy (non-hydrogen) atoms. The van der Waals surface area contributed by atoms with Crippen LogP contribution in [0.3, 0.4) is 0 Å². The third kappa shape index (κ3) is 2.21. The van der Waals surface area contributed by atoms with Crippen molar-refractivity contribution in [3.05, 3.63) is 24.3 Å². The molecule has 1 aliphatic rings. The molecule has 0 aromatic heterocycles. The van der Waals surface area contributed by atoms with E-state index in [0.29, 0.717) is 0 Å². The predicted octanol–water partition coefficient (Wildman–Crippen LogP) is 3.55. The summed E-state index contributed by atoms with van der Waals surface area (Å²) in [6, 6.07) is 0. The van der Waals surface area contributed by atoms with Crippen LogP contribution in [0.15, 0.2) is 24.3 Å². The standard InChI is InChI=1S/C11H18/c1-4-5-11-8-9(2)6-7-10(11)3/h4,6,10-11H,1,5,7-8H2,2-3H3. The lowest BCUT2D eigenvalue weighted by molar-refractivity contribution is 0.343. The summed E-state index contributed by atoms with van der Waals surface area (Å²) in [5, 5.41) is 0. The van der Waals surface area contributed by atoms with Crippen LogP contribution in [0.25, 0.3) is 0 Å². The zero-order valence-corrected chi connectivity index (χ0v) is 7.64. The highest BCUT2D eigenvalue weighted by atomic mass is 14.2. The molecule has 1 rings (SSSR count). The maximum absolute atomic E-state index is 3.79. The highest BCUT2D eigenvalue weighted by Gasteiger charge is 2.18. The normalized spacial score (nSPS) is 31.3. The van der Waals surface area contributed by atoms with Crippen LogP contribution >= 0.6 is 0 Å². The Kier molecular flexibility index (Phi) is 2.92. The molecule has 1 aliphatic carbocycles. The molecule has 62 valence electrons. The molecular formula is C11H18. The van der Waals surface area contributed by atoms with Crippen molar-refractivity contribution in [3.63, 3.8) is 0 Å². The summed E-state index contributed by atoms with van der Waals surface area (Å²) in [7, 11) is 0. The highest BCUT2D eigenvalue weighted by molar-refractivity contribution is 5.05. The molecule has 0 amide bonds. The monoisotopic (exact) mass is 150 g/mol. The first-order valence-corrected chi connectivity index (χ1v) is 4.50. The SMILES string of the molecule is C=CCC1CC(C)=CCC1C. The van der Waals surface area contributed by atoms with Crippen molar-refractivity contribution in [2.24, 2.45) is 11.8 Å². The Balaban J connectivity index is 2.52. The van der Waals surface area contributed by atoms with E-state index >= 15 is 0 Å². The minimum absolute atomic E-state index is 0.858. The second kappa shape index (κ2) is 3.75.